The SMILES string of the molecule is CC(Cc1ccco1)NCCC1CNCCO1. The molecule has 1 saturated heterocycles. The summed E-state index contributed by atoms with van der Waals surface area (Å²) in [4.78, 5) is 0. The van der Waals surface area contributed by atoms with Crippen LogP contribution in [0.15, 0.2) is 22.8 Å². The Kier molecular flexibility index (Phi) is 5.04. The molecular formula is C13H22N2O2. The van der Waals surface area contributed by atoms with Crippen molar-refractivity contribution < 1.29 is 9.15 Å². The third-order valence-electron chi connectivity index (χ3n) is 3.05. The van der Waals surface area contributed by atoms with Crippen molar-refractivity contribution in [3.8, 4) is 0 Å². The molecule has 1 aliphatic rings. The lowest BCUT2D eigenvalue weighted by atomic mass is 10.1. The Hall–Kier alpha value is -0.840. The van der Waals surface area contributed by atoms with Crippen LogP contribution < -0.4 is 10.6 Å². The van der Waals surface area contributed by atoms with Crippen LogP contribution in [0.25, 0.3) is 0 Å². The average Bonchev–Trinajstić information content (AvgIpc) is 2.83. The van der Waals surface area contributed by atoms with Gasteiger partial charge in [-0.05, 0) is 32.0 Å². The number of rotatable bonds is 6. The maximum Gasteiger partial charge on any atom is 0.105 e. The Balaban J connectivity index is 1.58. The highest BCUT2D eigenvalue weighted by Crippen LogP contribution is 2.05. The summed E-state index contributed by atoms with van der Waals surface area (Å²) in [6, 6.07) is 4.40. The van der Waals surface area contributed by atoms with Crippen LogP contribution >= 0.6 is 0 Å². The third-order valence-corrected chi connectivity index (χ3v) is 3.05. The smallest absolute Gasteiger partial charge is 0.105 e. The van der Waals surface area contributed by atoms with Crippen LogP contribution in [0, 0.1) is 0 Å². The van der Waals surface area contributed by atoms with Crippen LogP contribution in [0.1, 0.15) is 19.1 Å². The van der Waals surface area contributed by atoms with Crippen molar-refractivity contribution in [2.75, 3.05) is 26.2 Å². The fourth-order valence-electron chi connectivity index (χ4n) is 2.10. The quantitative estimate of drug-likeness (QED) is 0.781. The van der Waals surface area contributed by atoms with Crippen LogP contribution in [0.2, 0.25) is 0 Å². The van der Waals surface area contributed by atoms with Gasteiger partial charge in [-0.3, -0.25) is 0 Å². The number of nitrogens with one attached hydrogen (secondary N) is 2. The molecule has 2 unspecified atom stereocenters. The second kappa shape index (κ2) is 6.79. The Morgan fingerprint density at radius 2 is 2.53 bits per heavy atom. The molecule has 0 radical (unpaired) electrons. The van der Waals surface area contributed by atoms with Gasteiger partial charge in [0.1, 0.15) is 5.76 Å². The minimum atomic E-state index is 0.368. The zero-order valence-corrected chi connectivity index (χ0v) is 10.4. The predicted octanol–water partition coefficient (Wildman–Crippen LogP) is 1.18. The predicted molar refractivity (Wildman–Crippen MR) is 67.1 cm³/mol. The summed E-state index contributed by atoms with van der Waals surface area (Å²) in [6.07, 6.45) is 4.10. The van der Waals surface area contributed by atoms with E-state index in [4.69, 9.17) is 9.15 Å². The first-order chi connectivity index (χ1) is 8.34. The fraction of sp³-hybridized carbons (Fsp3) is 0.692. The molecular weight excluding hydrogens is 216 g/mol. The molecule has 2 heterocycles. The zero-order chi connectivity index (χ0) is 11.9. The lowest BCUT2D eigenvalue weighted by Crippen LogP contribution is -2.40. The van der Waals surface area contributed by atoms with Gasteiger partial charge in [0, 0.05) is 25.6 Å². The van der Waals surface area contributed by atoms with E-state index in [2.05, 4.69) is 17.6 Å². The summed E-state index contributed by atoms with van der Waals surface area (Å²) in [5, 5.41) is 6.84. The first-order valence-corrected chi connectivity index (χ1v) is 6.42. The van der Waals surface area contributed by atoms with Gasteiger partial charge in [-0.1, -0.05) is 0 Å². The van der Waals surface area contributed by atoms with Crippen LogP contribution in [0.3, 0.4) is 0 Å². The summed E-state index contributed by atoms with van der Waals surface area (Å²) in [5.41, 5.74) is 0. The number of hydrogen-bond donors (Lipinski definition) is 2. The highest BCUT2D eigenvalue weighted by molar-refractivity contribution is 4.99. The van der Waals surface area contributed by atoms with Crippen molar-refractivity contribution in [3.63, 3.8) is 0 Å². The molecule has 2 rings (SSSR count). The average molecular weight is 238 g/mol. The highest BCUT2D eigenvalue weighted by atomic mass is 16.5. The van der Waals surface area contributed by atoms with E-state index >= 15 is 0 Å². The fourth-order valence-corrected chi connectivity index (χ4v) is 2.10. The molecule has 17 heavy (non-hydrogen) atoms. The van der Waals surface area contributed by atoms with Gasteiger partial charge in [-0.15, -0.1) is 0 Å². The lowest BCUT2D eigenvalue weighted by molar-refractivity contribution is 0.0235. The molecule has 2 N–H and O–H groups in total. The number of ether oxygens (including phenoxy) is 1. The molecule has 1 fully saturated rings. The second-order valence-electron chi connectivity index (χ2n) is 4.62. The first kappa shape index (κ1) is 12.6. The summed E-state index contributed by atoms with van der Waals surface area (Å²) in [6.45, 7) is 5.98. The molecule has 4 heteroatoms. The minimum Gasteiger partial charge on any atom is -0.469 e. The number of morpholine rings is 1. The van der Waals surface area contributed by atoms with Crippen molar-refractivity contribution in [2.24, 2.45) is 0 Å². The van der Waals surface area contributed by atoms with E-state index in [0.29, 0.717) is 12.1 Å². The van der Waals surface area contributed by atoms with E-state index in [0.717, 1.165) is 44.8 Å². The molecule has 1 aliphatic heterocycles. The summed E-state index contributed by atoms with van der Waals surface area (Å²) < 4.78 is 11.0. The molecule has 0 bridgehead atoms. The molecule has 1 aromatic rings. The van der Waals surface area contributed by atoms with Crippen LogP contribution in [-0.4, -0.2) is 38.4 Å². The van der Waals surface area contributed by atoms with E-state index in [1.54, 1.807) is 6.26 Å². The number of furan rings is 1. The van der Waals surface area contributed by atoms with Crippen LogP contribution in [-0.2, 0) is 11.2 Å². The van der Waals surface area contributed by atoms with E-state index < -0.39 is 0 Å². The molecule has 0 saturated carbocycles. The Morgan fingerprint density at radius 3 is 3.24 bits per heavy atom. The van der Waals surface area contributed by atoms with Crippen molar-refractivity contribution in [1.82, 2.24) is 10.6 Å². The Labute approximate surface area is 103 Å². The topological polar surface area (TPSA) is 46.4 Å². The highest BCUT2D eigenvalue weighted by Gasteiger charge is 2.13. The van der Waals surface area contributed by atoms with Gasteiger partial charge in [0.05, 0.1) is 19.0 Å². The van der Waals surface area contributed by atoms with Crippen LogP contribution in [0.4, 0.5) is 0 Å². The van der Waals surface area contributed by atoms with E-state index in [1.165, 1.54) is 0 Å². The largest absolute Gasteiger partial charge is 0.469 e. The molecule has 2 atom stereocenters. The minimum absolute atomic E-state index is 0.368. The van der Waals surface area contributed by atoms with Gasteiger partial charge in [-0.25, -0.2) is 0 Å². The summed E-state index contributed by atoms with van der Waals surface area (Å²) >= 11 is 0. The summed E-state index contributed by atoms with van der Waals surface area (Å²) in [7, 11) is 0. The molecule has 4 nitrogen and oxygen atoms in total. The van der Waals surface area contributed by atoms with E-state index in [1.807, 2.05) is 12.1 Å². The lowest BCUT2D eigenvalue weighted by Gasteiger charge is -2.24. The zero-order valence-electron chi connectivity index (χ0n) is 10.4. The third kappa shape index (κ3) is 4.50. The standard InChI is InChI=1S/C13H22N2O2/c1-11(9-12-3-2-7-16-12)15-5-4-13-10-14-6-8-17-13/h2-3,7,11,13-15H,4-6,8-10H2,1H3. The van der Waals surface area contributed by atoms with Crippen molar-refractivity contribution in [1.29, 1.82) is 0 Å². The normalized spacial score (nSPS) is 22.5. The van der Waals surface area contributed by atoms with Gasteiger partial charge in [0.25, 0.3) is 0 Å². The molecule has 96 valence electrons. The molecule has 0 amide bonds. The van der Waals surface area contributed by atoms with Gasteiger partial charge in [0.15, 0.2) is 0 Å². The second-order valence-corrected chi connectivity index (χ2v) is 4.62. The van der Waals surface area contributed by atoms with Gasteiger partial charge in [-0.2, -0.15) is 0 Å². The van der Waals surface area contributed by atoms with Crippen LogP contribution in [0.5, 0.6) is 0 Å². The maximum absolute atomic E-state index is 5.64. The Bertz CT molecular complexity index is 294. The van der Waals surface area contributed by atoms with E-state index in [-0.39, 0.29) is 0 Å². The molecule has 0 aromatic carbocycles. The van der Waals surface area contributed by atoms with Crippen molar-refractivity contribution >= 4 is 0 Å². The first-order valence-electron chi connectivity index (χ1n) is 6.42. The summed E-state index contributed by atoms with van der Waals surface area (Å²) in [5.74, 6) is 1.04. The van der Waals surface area contributed by atoms with E-state index in [9.17, 15) is 0 Å². The van der Waals surface area contributed by atoms with Gasteiger partial charge >= 0.3 is 0 Å². The van der Waals surface area contributed by atoms with Gasteiger partial charge < -0.3 is 19.8 Å². The van der Waals surface area contributed by atoms with Crippen molar-refractivity contribution in [3.05, 3.63) is 24.2 Å². The van der Waals surface area contributed by atoms with Crippen molar-refractivity contribution in [2.45, 2.75) is 31.9 Å². The molecule has 0 aliphatic carbocycles. The maximum atomic E-state index is 5.64. The van der Waals surface area contributed by atoms with Gasteiger partial charge in [0.2, 0.25) is 0 Å². The molecule has 0 spiro atoms. The monoisotopic (exact) mass is 238 g/mol. The molecule has 1 aromatic heterocycles. The Morgan fingerprint density at radius 1 is 1.59 bits per heavy atom. The number of hydrogen-bond acceptors (Lipinski definition) is 4.